The molecule has 0 aliphatic heterocycles. The highest BCUT2D eigenvalue weighted by molar-refractivity contribution is 5.56. The van der Waals surface area contributed by atoms with Gasteiger partial charge in [0.25, 0.3) is 0 Å². The third kappa shape index (κ3) is 29.9. The van der Waals surface area contributed by atoms with Gasteiger partial charge in [0.1, 0.15) is 6.29 Å². The molecule has 0 spiro atoms. The number of nitrogens with two attached hydrogens (primary N) is 1. The Labute approximate surface area is 168 Å². The Bertz CT molecular complexity index is 358. The van der Waals surface area contributed by atoms with Crippen molar-refractivity contribution in [3.05, 3.63) is 24.3 Å². The molecule has 6 N–H and O–H groups in total. The molecule has 0 amide bonds. The van der Waals surface area contributed by atoms with E-state index in [0.29, 0.717) is 18.1 Å². The smallest absolute Gasteiger partial charge is 0.136 e. The van der Waals surface area contributed by atoms with E-state index in [1.54, 1.807) is 14.0 Å². The first-order valence-electron chi connectivity index (χ1n) is 9.96. The van der Waals surface area contributed by atoms with Gasteiger partial charge in [0, 0.05) is 37.3 Å². The van der Waals surface area contributed by atoms with Crippen LogP contribution in [0.1, 0.15) is 48.5 Å². The molecule has 0 bridgehead atoms. The second-order valence-electron chi connectivity index (χ2n) is 6.83. The summed E-state index contributed by atoms with van der Waals surface area (Å²) in [6, 6.07) is 1.72. The number of hydrogen-bond donors (Lipinski definition) is 5. The lowest BCUT2D eigenvalue weighted by Gasteiger charge is -2.14. The molecule has 0 heterocycles. The fourth-order valence-corrected chi connectivity index (χ4v) is 1.62. The van der Waals surface area contributed by atoms with Crippen molar-refractivity contribution in [2.24, 2.45) is 5.73 Å². The van der Waals surface area contributed by atoms with Crippen LogP contribution in [0.3, 0.4) is 0 Å². The molecule has 0 rings (SSSR count). The number of allylic oxidation sites excluding steroid dienone is 2. The molecule has 6 heteroatoms. The lowest BCUT2D eigenvalue weighted by Crippen LogP contribution is -2.37. The molecule has 0 aliphatic carbocycles. The average molecular weight is 386 g/mol. The van der Waals surface area contributed by atoms with Gasteiger partial charge in [0.05, 0.1) is 6.04 Å². The summed E-state index contributed by atoms with van der Waals surface area (Å²) in [6.45, 7) is 16.2. The Hall–Kier alpha value is -1.05. The topological polar surface area (TPSA) is 91.2 Å². The monoisotopic (exact) mass is 385 g/mol. The summed E-state index contributed by atoms with van der Waals surface area (Å²) >= 11 is 0. The zero-order valence-electron chi connectivity index (χ0n) is 19.2. The van der Waals surface area contributed by atoms with Crippen molar-refractivity contribution in [1.82, 2.24) is 21.3 Å². The molecule has 0 radical (unpaired) electrons. The predicted octanol–water partition coefficient (Wildman–Crippen LogP) is 1.83. The quantitative estimate of drug-likeness (QED) is 0.275. The predicted molar refractivity (Wildman–Crippen MR) is 121 cm³/mol. The van der Waals surface area contributed by atoms with Gasteiger partial charge in [0.15, 0.2) is 0 Å². The van der Waals surface area contributed by atoms with E-state index in [4.69, 9.17) is 5.73 Å². The van der Waals surface area contributed by atoms with Crippen LogP contribution in [0.2, 0.25) is 0 Å². The highest BCUT2D eigenvalue weighted by Crippen LogP contribution is 1.85. The van der Waals surface area contributed by atoms with Gasteiger partial charge in [0.2, 0.25) is 0 Å². The van der Waals surface area contributed by atoms with Crippen LogP contribution in [-0.2, 0) is 4.79 Å². The summed E-state index contributed by atoms with van der Waals surface area (Å²) in [4.78, 5) is 9.67. The maximum absolute atomic E-state index is 9.67. The van der Waals surface area contributed by atoms with Gasteiger partial charge in [-0.15, -0.1) is 0 Å². The molecule has 162 valence electrons. The summed E-state index contributed by atoms with van der Waals surface area (Å²) in [5.41, 5.74) is 5.55. The van der Waals surface area contributed by atoms with Gasteiger partial charge >= 0.3 is 0 Å². The van der Waals surface area contributed by atoms with Crippen LogP contribution in [0.5, 0.6) is 0 Å². The number of carbonyl (C=O) groups is 1. The first-order valence-corrected chi connectivity index (χ1v) is 9.96. The highest BCUT2D eigenvalue weighted by Gasteiger charge is 1.99. The number of likely N-dealkylation sites (N-methyl/N-ethyl adjacent to an activating group) is 2. The van der Waals surface area contributed by atoms with Crippen LogP contribution in [0.4, 0.5) is 0 Å². The number of hydrogen-bond acceptors (Lipinski definition) is 6. The largest absolute Gasteiger partial charge is 0.327 e. The van der Waals surface area contributed by atoms with Gasteiger partial charge in [-0.2, -0.15) is 0 Å². The summed E-state index contributed by atoms with van der Waals surface area (Å²) in [6.07, 6.45) is 9.24. The van der Waals surface area contributed by atoms with Crippen molar-refractivity contribution in [2.45, 2.75) is 78.7 Å². The van der Waals surface area contributed by atoms with Crippen LogP contribution in [0, 0.1) is 0 Å². The fraction of sp³-hybridized carbons (Fsp3) is 0.762. The van der Waals surface area contributed by atoms with Crippen LogP contribution in [0.15, 0.2) is 24.3 Å². The Balaban J connectivity index is -0.000000334. The van der Waals surface area contributed by atoms with Gasteiger partial charge < -0.3 is 31.8 Å². The van der Waals surface area contributed by atoms with Gasteiger partial charge in [-0.3, -0.25) is 0 Å². The van der Waals surface area contributed by atoms with Gasteiger partial charge in [-0.05, 0) is 62.6 Å². The average Bonchev–Trinajstić information content (AvgIpc) is 2.65. The Morgan fingerprint density at radius 2 is 1.22 bits per heavy atom. The minimum absolute atomic E-state index is 0.00463. The zero-order valence-corrected chi connectivity index (χ0v) is 19.2. The Kier molecular flexibility index (Phi) is 26.1. The van der Waals surface area contributed by atoms with E-state index in [1.807, 2.05) is 33.9 Å². The van der Waals surface area contributed by atoms with Crippen molar-refractivity contribution >= 4 is 6.29 Å². The van der Waals surface area contributed by atoms with E-state index in [0.717, 1.165) is 19.4 Å². The Morgan fingerprint density at radius 1 is 0.778 bits per heavy atom. The molecule has 0 fully saturated rings. The van der Waals surface area contributed by atoms with E-state index in [9.17, 15) is 4.79 Å². The van der Waals surface area contributed by atoms with Gasteiger partial charge in [-0.25, -0.2) is 0 Å². The third-order valence-corrected chi connectivity index (χ3v) is 3.62. The van der Waals surface area contributed by atoms with Crippen molar-refractivity contribution in [3.8, 4) is 0 Å². The van der Waals surface area contributed by atoms with Crippen LogP contribution in [-0.4, -0.2) is 63.7 Å². The molecule has 0 aromatic heterocycles. The molecule has 5 atom stereocenters. The van der Waals surface area contributed by atoms with E-state index in [-0.39, 0.29) is 12.1 Å². The van der Waals surface area contributed by atoms with E-state index < -0.39 is 0 Å². The molecule has 5 unspecified atom stereocenters. The molecule has 0 aromatic carbocycles. The molecule has 0 saturated heterocycles. The second kappa shape index (κ2) is 23.0. The normalized spacial score (nSPS) is 16.5. The SMILES string of the molecule is C/C=C/C(C)NCC(C)N.C/C=C/C(C)NCC(C)NC.CNC(C)C=O. The summed E-state index contributed by atoms with van der Waals surface area (Å²) in [7, 11) is 3.73. The fourth-order valence-electron chi connectivity index (χ4n) is 1.62. The van der Waals surface area contributed by atoms with Crippen molar-refractivity contribution < 1.29 is 4.79 Å². The molecule has 27 heavy (non-hydrogen) atoms. The van der Waals surface area contributed by atoms with Crippen molar-refractivity contribution in [3.63, 3.8) is 0 Å². The van der Waals surface area contributed by atoms with E-state index in [1.165, 1.54) is 0 Å². The number of aldehydes is 1. The van der Waals surface area contributed by atoms with Gasteiger partial charge in [-0.1, -0.05) is 24.3 Å². The minimum Gasteiger partial charge on any atom is -0.327 e. The lowest BCUT2D eigenvalue weighted by atomic mass is 10.2. The first-order chi connectivity index (χ1) is 12.7. The molecule has 0 saturated carbocycles. The number of rotatable bonds is 11. The van der Waals surface area contributed by atoms with Crippen LogP contribution >= 0.6 is 0 Å². The number of carbonyl (C=O) groups excluding carboxylic acids is 1. The first kappa shape index (κ1) is 30.7. The zero-order chi connectivity index (χ0) is 21.7. The summed E-state index contributed by atoms with van der Waals surface area (Å²) in [5, 5.41) is 12.6. The van der Waals surface area contributed by atoms with Crippen LogP contribution in [0.25, 0.3) is 0 Å². The van der Waals surface area contributed by atoms with Crippen LogP contribution < -0.4 is 27.0 Å². The van der Waals surface area contributed by atoms with Crippen molar-refractivity contribution in [2.75, 3.05) is 27.2 Å². The van der Waals surface area contributed by atoms with Crippen molar-refractivity contribution in [1.29, 1.82) is 0 Å². The minimum atomic E-state index is 0.00463. The Morgan fingerprint density at radius 3 is 1.48 bits per heavy atom. The lowest BCUT2D eigenvalue weighted by molar-refractivity contribution is -0.109. The highest BCUT2D eigenvalue weighted by atomic mass is 16.1. The molecular formula is C21H47N5O. The third-order valence-electron chi connectivity index (χ3n) is 3.62. The standard InChI is InChI=1S/C9H20N2.C8H18N2.C4H9NO/c1-5-6-8(2)11-7-9(3)10-4;1-4-5-8(3)10-6-7(2)9;1-4(3-6)5-2/h5-6,8-11H,7H2,1-4H3;4-5,7-8,10H,6,9H2,1-3H3;3-5H,1-2H3/b6-5+;5-4+;. The summed E-state index contributed by atoms with van der Waals surface area (Å²) in [5.74, 6) is 0. The molecular weight excluding hydrogens is 338 g/mol. The second-order valence-corrected chi connectivity index (χ2v) is 6.83. The van der Waals surface area contributed by atoms with E-state index in [2.05, 4.69) is 60.3 Å². The van der Waals surface area contributed by atoms with E-state index >= 15 is 0 Å². The number of nitrogens with one attached hydrogen (secondary N) is 4. The maximum Gasteiger partial charge on any atom is 0.136 e. The molecule has 6 nitrogen and oxygen atoms in total. The maximum atomic E-state index is 9.67. The summed E-state index contributed by atoms with van der Waals surface area (Å²) < 4.78 is 0. The molecule has 0 aromatic rings. The molecule has 0 aliphatic rings.